The number of likely N-dealkylation sites (N-methyl/N-ethyl adjacent to an activating group) is 1. The second kappa shape index (κ2) is 11.0. The Bertz CT molecular complexity index is 721. The quantitative estimate of drug-likeness (QED) is 0.419. The third kappa shape index (κ3) is 5.98. The normalized spacial score (nSPS) is 30.6. The molecule has 1 amide bonds. The molecule has 0 bridgehead atoms. The third-order valence-electron chi connectivity index (χ3n) is 7.42. The van der Waals surface area contributed by atoms with Gasteiger partial charge in [-0.1, -0.05) is 51.0 Å². The lowest BCUT2D eigenvalue weighted by Gasteiger charge is -2.36. The standard InChI is InChI=1S/C25H41N5O/c1-4-9-22(18-27-2)28-21-13-8-12-20(16-21)17-25(23(31)30(3)24(26)29-25)15-14-19-10-6-5-7-11-19/h4,9,18-21,28H,2,5-8,10-17H2,1,3H3,(H2,26,29)/b9-4-,22-18+/t20?,21-,25-/m1/s1. The molecule has 3 N–H and O–H groups in total. The Morgan fingerprint density at radius 1 is 1.26 bits per heavy atom. The SMILES string of the molecule is C=N/C=C(\C=C/C)N[C@@H]1CCCC(C[C@@]2(CCC3CCCCC3)N=C(N)N(C)C2=O)C1. The molecule has 3 aliphatic rings. The smallest absolute Gasteiger partial charge is 0.257 e. The molecule has 3 atom stereocenters. The van der Waals surface area contributed by atoms with Crippen LogP contribution in [0.1, 0.15) is 84.0 Å². The maximum absolute atomic E-state index is 13.3. The van der Waals surface area contributed by atoms with E-state index >= 15 is 0 Å². The zero-order valence-electron chi connectivity index (χ0n) is 19.5. The number of nitrogens with two attached hydrogens (primary N) is 1. The fourth-order valence-corrected chi connectivity index (χ4v) is 5.80. The second-order valence-corrected chi connectivity index (χ2v) is 9.75. The summed E-state index contributed by atoms with van der Waals surface area (Å²) in [6.45, 7) is 5.58. The van der Waals surface area contributed by atoms with E-state index in [1.165, 1.54) is 32.1 Å². The summed E-state index contributed by atoms with van der Waals surface area (Å²) >= 11 is 0. The van der Waals surface area contributed by atoms with E-state index in [0.717, 1.165) is 56.6 Å². The molecule has 0 spiro atoms. The van der Waals surface area contributed by atoms with Crippen LogP contribution >= 0.6 is 0 Å². The van der Waals surface area contributed by atoms with E-state index in [1.54, 1.807) is 18.1 Å². The Hall–Kier alpha value is -2.11. The van der Waals surface area contributed by atoms with Gasteiger partial charge >= 0.3 is 0 Å². The topological polar surface area (TPSA) is 83.1 Å². The summed E-state index contributed by atoms with van der Waals surface area (Å²) in [6.07, 6.45) is 19.6. The molecule has 6 heteroatoms. The van der Waals surface area contributed by atoms with Crippen LogP contribution in [-0.4, -0.2) is 42.1 Å². The molecule has 0 aromatic heterocycles. The second-order valence-electron chi connectivity index (χ2n) is 9.75. The number of nitrogens with one attached hydrogen (secondary N) is 1. The van der Waals surface area contributed by atoms with E-state index in [9.17, 15) is 4.79 Å². The molecular weight excluding hydrogens is 386 g/mol. The van der Waals surface area contributed by atoms with Crippen LogP contribution in [0.5, 0.6) is 0 Å². The van der Waals surface area contributed by atoms with Gasteiger partial charge in [0, 0.05) is 19.3 Å². The molecule has 172 valence electrons. The Morgan fingerprint density at radius 2 is 2.00 bits per heavy atom. The number of aliphatic imine (C=N–C) groups is 2. The number of hydrogen-bond donors (Lipinski definition) is 2. The van der Waals surface area contributed by atoms with Gasteiger partial charge < -0.3 is 11.1 Å². The highest BCUT2D eigenvalue weighted by molar-refractivity contribution is 6.06. The predicted molar refractivity (Wildman–Crippen MR) is 129 cm³/mol. The van der Waals surface area contributed by atoms with Gasteiger partial charge in [-0.2, -0.15) is 0 Å². The summed E-state index contributed by atoms with van der Waals surface area (Å²) < 4.78 is 0. The lowest BCUT2D eigenvalue weighted by molar-refractivity contribution is -0.131. The molecule has 1 unspecified atom stereocenters. The van der Waals surface area contributed by atoms with Gasteiger partial charge in [-0.15, -0.1) is 0 Å². The fraction of sp³-hybridized carbons (Fsp3) is 0.720. The van der Waals surface area contributed by atoms with Crippen LogP contribution in [0.2, 0.25) is 0 Å². The first-order chi connectivity index (χ1) is 15.0. The van der Waals surface area contributed by atoms with Crippen molar-refractivity contribution in [1.29, 1.82) is 0 Å². The van der Waals surface area contributed by atoms with Crippen LogP contribution in [-0.2, 0) is 4.79 Å². The molecule has 0 radical (unpaired) electrons. The number of guanidine groups is 1. The molecule has 0 aromatic carbocycles. The minimum atomic E-state index is -0.659. The molecule has 2 aliphatic carbocycles. The van der Waals surface area contributed by atoms with Crippen LogP contribution in [0.15, 0.2) is 34.0 Å². The summed E-state index contributed by atoms with van der Waals surface area (Å²) in [4.78, 5) is 23.6. The Balaban J connectivity index is 1.68. The molecule has 1 heterocycles. The monoisotopic (exact) mass is 427 g/mol. The Kier molecular flexibility index (Phi) is 8.33. The lowest BCUT2D eigenvalue weighted by atomic mass is 9.74. The van der Waals surface area contributed by atoms with Crippen molar-refractivity contribution in [3.05, 3.63) is 24.0 Å². The molecule has 0 aromatic rings. The van der Waals surface area contributed by atoms with Gasteiger partial charge in [-0.3, -0.25) is 14.7 Å². The zero-order valence-corrected chi connectivity index (χ0v) is 19.5. The van der Waals surface area contributed by atoms with Gasteiger partial charge in [0.15, 0.2) is 5.96 Å². The number of carbonyl (C=O) groups is 1. The fourth-order valence-electron chi connectivity index (χ4n) is 5.80. The highest BCUT2D eigenvalue weighted by Crippen LogP contribution is 2.40. The van der Waals surface area contributed by atoms with Crippen LogP contribution in [0.3, 0.4) is 0 Å². The molecule has 2 saturated carbocycles. The largest absolute Gasteiger partial charge is 0.381 e. The van der Waals surface area contributed by atoms with E-state index in [-0.39, 0.29) is 5.91 Å². The number of amides is 1. The van der Waals surface area contributed by atoms with E-state index in [4.69, 9.17) is 10.7 Å². The van der Waals surface area contributed by atoms with Crippen molar-refractivity contribution in [2.45, 2.75) is 95.6 Å². The van der Waals surface area contributed by atoms with Crippen molar-refractivity contribution < 1.29 is 4.79 Å². The average molecular weight is 428 g/mol. The molecule has 3 rings (SSSR count). The zero-order chi connectivity index (χ0) is 22.3. The Labute approximate surface area is 188 Å². The average Bonchev–Trinajstić information content (AvgIpc) is 2.97. The van der Waals surface area contributed by atoms with Gasteiger partial charge in [-0.05, 0) is 63.7 Å². The van der Waals surface area contributed by atoms with E-state index in [2.05, 4.69) is 17.0 Å². The van der Waals surface area contributed by atoms with E-state index in [0.29, 0.717) is 17.9 Å². The van der Waals surface area contributed by atoms with Crippen LogP contribution in [0.4, 0.5) is 0 Å². The molecule has 31 heavy (non-hydrogen) atoms. The van der Waals surface area contributed by atoms with Crippen LogP contribution in [0, 0.1) is 11.8 Å². The van der Waals surface area contributed by atoms with Crippen molar-refractivity contribution >= 4 is 18.6 Å². The van der Waals surface area contributed by atoms with Crippen molar-refractivity contribution in [1.82, 2.24) is 10.2 Å². The summed E-state index contributed by atoms with van der Waals surface area (Å²) in [5, 5.41) is 3.62. The first kappa shape index (κ1) is 23.6. The van der Waals surface area contributed by atoms with Gasteiger partial charge in [0.2, 0.25) is 0 Å². The van der Waals surface area contributed by atoms with Crippen molar-refractivity contribution in [2.24, 2.45) is 27.6 Å². The molecular formula is C25H41N5O. The number of carbonyl (C=O) groups excluding carboxylic acids is 1. The maximum Gasteiger partial charge on any atom is 0.257 e. The highest BCUT2D eigenvalue weighted by atomic mass is 16.2. The number of hydrogen-bond acceptors (Lipinski definition) is 5. The van der Waals surface area contributed by atoms with Crippen LogP contribution < -0.4 is 11.1 Å². The van der Waals surface area contributed by atoms with Crippen LogP contribution in [0.25, 0.3) is 0 Å². The van der Waals surface area contributed by atoms with Gasteiger partial charge in [0.1, 0.15) is 5.54 Å². The first-order valence-corrected chi connectivity index (χ1v) is 12.2. The van der Waals surface area contributed by atoms with Gasteiger partial charge in [-0.25, -0.2) is 4.99 Å². The van der Waals surface area contributed by atoms with Crippen molar-refractivity contribution in [3.63, 3.8) is 0 Å². The van der Waals surface area contributed by atoms with Crippen molar-refractivity contribution in [3.8, 4) is 0 Å². The number of allylic oxidation sites excluding steroid dienone is 2. The molecule has 2 fully saturated rings. The number of nitrogens with zero attached hydrogens (tertiary/aromatic N) is 3. The molecule has 0 saturated heterocycles. The first-order valence-electron chi connectivity index (χ1n) is 12.2. The lowest BCUT2D eigenvalue weighted by Crippen LogP contribution is -2.44. The maximum atomic E-state index is 13.3. The Morgan fingerprint density at radius 3 is 2.65 bits per heavy atom. The molecule has 6 nitrogen and oxygen atoms in total. The van der Waals surface area contributed by atoms with Crippen molar-refractivity contribution in [2.75, 3.05) is 7.05 Å². The van der Waals surface area contributed by atoms with E-state index in [1.807, 2.05) is 19.1 Å². The molecule has 1 aliphatic heterocycles. The highest BCUT2D eigenvalue weighted by Gasteiger charge is 2.48. The van der Waals surface area contributed by atoms with E-state index < -0.39 is 5.54 Å². The number of rotatable bonds is 9. The predicted octanol–water partition coefficient (Wildman–Crippen LogP) is 4.53. The summed E-state index contributed by atoms with van der Waals surface area (Å²) in [5.74, 6) is 1.69. The third-order valence-corrected chi connectivity index (χ3v) is 7.42. The van der Waals surface area contributed by atoms with Gasteiger partial charge in [0.25, 0.3) is 5.91 Å². The summed E-state index contributed by atoms with van der Waals surface area (Å²) in [7, 11) is 1.77. The summed E-state index contributed by atoms with van der Waals surface area (Å²) in [6, 6.07) is 0.383. The van der Waals surface area contributed by atoms with Gasteiger partial charge in [0.05, 0.1) is 5.70 Å². The minimum absolute atomic E-state index is 0.0984. The summed E-state index contributed by atoms with van der Waals surface area (Å²) in [5.41, 5.74) is 6.46. The minimum Gasteiger partial charge on any atom is -0.381 e.